The van der Waals surface area contributed by atoms with Crippen LogP contribution in [0, 0.1) is 0 Å². The van der Waals surface area contributed by atoms with Crippen molar-refractivity contribution >= 4 is 0 Å². The van der Waals surface area contributed by atoms with Gasteiger partial charge in [-0.3, -0.25) is 5.73 Å². The summed E-state index contributed by atoms with van der Waals surface area (Å²) in [5.74, 6) is 0. The minimum atomic E-state index is 0.164. The number of hydrogen-bond acceptors (Lipinski definition) is 1. The van der Waals surface area contributed by atoms with Crippen molar-refractivity contribution in [2.45, 2.75) is 13.0 Å². The third-order valence-electron chi connectivity index (χ3n) is 1.69. The van der Waals surface area contributed by atoms with Gasteiger partial charge in [-0.25, -0.2) is 0 Å². The van der Waals surface area contributed by atoms with Gasteiger partial charge >= 0.3 is 0 Å². The van der Waals surface area contributed by atoms with Crippen LogP contribution in [0.1, 0.15) is 11.1 Å². The molecule has 0 heterocycles. The molecule has 0 amide bonds. The number of benzene rings is 1. The van der Waals surface area contributed by atoms with Crippen LogP contribution in [-0.4, -0.2) is 11.7 Å². The normalized spacial score (nSPS) is 10.0. The molecule has 59 valence electrons. The van der Waals surface area contributed by atoms with E-state index in [1.165, 1.54) is 0 Å². The van der Waals surface area contributed by atoms with Crippen LogP contribution in [0.4, 0.5) is 0 Å². The molecule has 2 heteroatoms. The summed E-state index contributed by atoms with van der Waals surface area (Å²) < 4.78 is 0. The third-order valence-corrected chi connectivity index (χ3v) is 1.69. The van der Waals surface area contributed by atoms with E-state index in [1.807, 2.05) is 24.3 Å². The summed E-state index contributed by atoms with van der Waals surface area (Å²) in [6.45, 7) is 0.465. The van der Waals surface area contributed by atoms with Gasteiger partial charge in [0.1, 0.15) is 0 Å². The highest BCUT2D eigenvalue weighted by molar-refractivity contribution is 5.26. The van der Waals surface area contributed by atoms with Crippen molar-refractivity contribution in [1.82, 2.24) is 5.73 Å². The highest BCUT2D eigenvalue weighted by atomic mass is 16.2. The van der Waals surface area contributed by atoms with E-state index in [-0.39, 0.29) is 6.61 Å². The van der Waals surface area contributed by atoms with Crippen LogP contribution in [0.15, 0.2) is 24.3 Å². The molecule has 1 rings (SSSR count). The molecule has 0 atom stereocenters. The lowest BCUT2D eigenvalue weighted by Gasteiger charge is -2.03. The average Bonchev–Trinajstić information content (AvgIpc) is 2.06. The third kappa shape index (κ3) is 2.03. The first-order valence-electron chi connectivity index (χ1n) is 3.70. The van der Waals surface area contributed by atoms with E-state index < -0.39 is 0 Å². The second kappa shape index (κ2) is 4.11. The van der Waals surface area contributed by atoms with Crippen LogP contribution < -0.4 is 5.73 Å². The summed E-state index contributed by atoms with van der Waals surface area (Å²) in [7, 11) is 0. The van der Waals surface area contributed by atoms with Gasteiger partial charge in [-0.1, -0.05) is 24.3 Å². The van der Waals surface area contributed by atoms with Gasteiger partial charge in [0.25, 0.3) is 0 Å². The van der Waals surface area contributed by atoms with Crippen molar-refractivity contribution in [2.24, 2.45) is 0 Å². The molecule has 1 aromatic rings. The number of aliphatic hydroxyl groups excluding tert-OH is 1. The summed E-state index contributed by atoms with van der Waals surface area (Å²) >= 11 is 0. The smallest absolute Gasteiger partial charge is 0.0471 e. The van der Waals surface area contributed by atoms with Gasteiger partial charge in [0, 0.05) is 13.2 Å². The summed E-state index contributed by atoms with van der Waals surface area (Å²) in [4.78, 5) is 0. The van der Waals surface area contributed by atoms with Crippen molar-refractivity contribution in [1.29, 1.82) is 0 Å². The Balaban J connectivity index is 2.83. The van der Waals surface area contributed by atoms with Crippen LogP contribution in [0.25, 0.3) is 0 Å². The summed E-state index contributed by atoms with van der Waals surface area (Å²) in [6, 6.07) is 7.74. The molecular weight excluding hydrogens is 138 g/mol. The summed E-state index contributed by atoms with van der Waals surface area (Å²) in [5.41, 5.74) is 9.28. The molecule has 1 radical (unpaired) electrons. The van der Waals surface area contributed by atoms with Gasteiger partial charge in [-0.15, -0.1) is 0 Å². The van der Waals surface area contributed by atoms with Crippen molar-refractivity contribution in [2.75, 3.05) is 6.61 Å². The predicted molar refractivity (Wildman–Crippen MR) is 44.0 cm³/mol. The lowest BCUT2D eigenvalue weighted by molar-refractivity contribution is 0.299. The highest BCUT2D eigenvalue weighted by Crippen LogP contribution is 2.08. The molecule has 0 spiro atoms. The van der Waals surface area contributed by atoms with E-state index in [0.717, 1.165) is 11.1 Å². The maximum absolute atomic E-state index is 8.68. The summed E-state index contributed by atoms with van der Waals surface area (Å²) in [6.07, 6.45) is 0.662. The molecule has 0 unspecified atom stereocenters. The van der Waals surface area contributed by atoms with Gasteiger partial charge < -0.3 is 5.11 Å². The van der Waals surface area contributed by atoms with E-state index in [9.17, 15) is 0 Å². The fourth-order valence-corrected chi connectivity index (χ4v) is 1.09. The van der Waals surface area contributed by atoms with Gasteiger partial charge in [0.2, 0.25) is 0 Å². The molecule has 0 saturated heterocycles. The zero-order chi connectivity index (χ0) is 8.10. The Bertz CT molecular complexity index is 223. The lowest BCUT2D eigenvalue weighted by Crippen LogP contribution is -1.97. The van der Waals surface area contributed by atoms with Crippen LogP contribution in [0.3, 0.4) is 0 Å². The second-order valence-corrected chi connectivity index (χ2v) is 2.42. The number of nitrogens with one attached hydrogen (secondary N) is 1. The van der Waals surface area contributed by atoms with E-state index in [0.29, 0.717) is 13.0 Å². The zero-order valence-corrected chi connectivity index (χ0v) is 6.38. The molecule has 0 aliphatic rings. The molecule has 2 nitrogen and oxygen atoms in total. The molecule has 2 N–H and O–H groups in total. The van der Waals surface area contributed by atoms with Gasteiger partial charge in [0.05, 0.1) is 0 Å². The number of hydrogen-bond donors (Lipinski definition) is 1. The first kappa shape index (κ1) is 8.24. The second-order valence-electron chi connectivity index (χ2n) is 2.42. The van der Waals surface area contributed by atoms with Crippen molar-refractivity contribution < 1.29 is 5.11 Å². The monoisotopic (exact) mass is 150 g/mol. The SMILES string of the molecule is [NH]Cc1ccccc1CCO. The zero-order valence-electron chi connectivity index (χ0n) is 6.38. The predicted octanol–water partition coefficient (Wildman–Crippen LogP) is 1.00. The standard InChI is InChI=1S/C9H12NO/c10-7-9-4-2-1-3-8(9)5-6-11/h1-4,10-11H,5-7H2. The number of aliphatic hydroxyl groups is 1. The van der Waals surface area contributed by atoms with E-state index in [1.54, 1.807) is 0 Å². The largest absolute Gasteiger partial charge is 0.396 e. The molecule has 0 bridgehead atoms. The Morgan fingerprint density at radius 3 is 2.36 bits per heavy atom. The van der Waals surface area contributed by atoms with Gasteiger partial charge in [-0.05, 0) is 17.5 Å². The first-order valence-corrected chi connectivity index (χ1v) is 3.70. The fourth-order valence-electron chi connectivity index (χ4n) is 1.09. The maximum Gasteiger partial charge on any atom is 0.0471 e. The molecule has 0 aliphatic heterocycles. The summed E-state index contributed by atoms with van der Waals surface area (Å²) in [5, 5.41) is 8.68. The number of rotatable bonds is 3. The van der Waals surface area contributed by atoms with Crippen LogP contribution in [0.2, 0.25) is 0 Å². The van der Waals surface area contributed by atoms with Crippen LogP contribution >= 0.6 is 0 Å². The van der Waals surface area contributed by atoms with Gasteiger partial charge in [0.15, 0.2) is 0 Å². The van der Waals surface area contributed by atoms with Crippen LogP contribution in [0.5, 0.6) is 0 Å². The van der Waals surface area contributed by atoms with E-state index in [2.05, 4.69) is 0 Å². The fraction of sp³-hybridized carbons (Fsp3) is 0.333. The highest BCUT2D eigenvalue weighted by Gasteiger charge is 1.97. The van der Waals surface area contributed by atoms with Crippen molar-refractivity contribution in [3.63, 3.8) is 0 Å². The Kier molecular flexibility index (Phi) is 3.08. The van der Waals surface area contributed by atoms with Crippen LogP contribution in [-0.2, 0) is 13.0 Å². The Labute approximate surface area is 66.7 Å². The average molecular weight is 150 g/mol. The molecule has 1 aromatic carbocycles. The van der Waals surface area contributed by atoms with Crippen molar-refractivity contribution in [3.05, 3.63) is 35.4 Å². The topological polar surface area (TPSA) is 44.0 Å². The maximum atomic E-state index is 8.68. The van der Waals surface area contributed by atoms with Gasteiger partial charge in [-0.2, -0.15) is 0 Å². The molecular formula is C9H12NO. The molecule has 11 heavy (non-hydrogen) atoms. The molecule has 0 aliphatic carbocycles. The molecule has 0 fully saturated rings. The molecule has 0 saturated carbocycles. The van der Waals surface area contributed by atoms with Crippen molar-refractivity contribution in [3.8, 4) is 0 Å². The quantitative estimate of drug-likeness (QED) is 0.686. The minimum Gasteiger partial charge on any atom is -0.396 e. The molecule has 0 aromatic heterocycles. The minimum absolute atomic E-state index is 0.164. The Morgan fingerprint density at radius 1 is 1.18 bits per heavy atom. The Morgan fingerprint density at radius 2 is 1.82 bits per heavy atom. The van der Waals surface area contributed by atoms with E-state index >= 15 is 0 Å². The Hall–Kier alpha value is -0.860. The van der Waals surface area contributed by atoms with E-state index in [4.69, 9.17) is 10.8 Å². The first-order chi connectivity index (χ1) is 5.38. The lowest BCUT2D eigenvalue weighted by atomic mass is 10.1.